The van der Waals surface area contributed by atoms with Crippen LogP contribution in [0.15, 0.2) is 134 Å². The minimum atomic E-state index is -1.17. The van der Waals surface area contributed by atoms with Gasteiger partial charge in [0.25, 0.3) is 11.8 Å². The molecule has 0 fully saturated rings. The van der Waals surface area contributed by atoms with Crippen LogP contribution in [0.3, 0.4) is 0 Å². The largest absolute Gasteiger partial charge is 1.00 e. The van der Waals surface area contributed by atoms with Gasteiger partial charge in [0.15, 0.2) is 46.4 Å². The van der Waals surface area contributed by atoms with Gasteiger partial charge < -0.3 is 135 Å². The lowest BCUT2D eigenvalue weighted by Crippen LogP contribution is -3.00. The number of esters is 2. The first kappa shape index (κ1) is 116. The number of carbonyl (C=O) groups excluding carboxylic acids is 12. The van der Waals surface area contributed by atoms with Gasteiger partial charge in [-0.15, -0.1) is 23.2 Å². The van der Waals surface area contributed by atoms with Crippen molar-refractivity contribution in [3.63, 3.8) is 0 Å². The van der Waals surface area contributed by atoms with Gasteiger partial charge in [-0.05, 0) is 112 Å². The summed E-state index contributed by atoms with van der Waals surface area (Å²) in [5, 5.41) is 58.2. The molecule has 0 bridgehead atoms. The fraction of sp³-hybridized carbons (Fsp3) is 0.469. The number of Topliss-reactive ketones (excluding diaryl/α,β-unsaturated/α-hetero) is 4. The molecule has 42 heteroatoms. The minimum Gasteiger partial charge on any atom is -1.00 e. The molecule has 0 saturated heterocycles. The number of carbonyl (C=O) groups is 12. The number of aromatic hydroxyl groups is 4. The predicted molar refractivity (Wildman–Crippen MR) is 506 cm³/mol. The molecule has 0 unspecified atom stereocenters. The van der Waals surface area contributed by atoms with Crippen molar-refractivity contribution in [3.8, 4) is 46.0 Å². The molecule has 24 N–H and O–H groups in total. The van der Waals surface area contributed by atoms with Crippen LogP contribution in [-0.4, -0.2) is 252 Å². The van der Waals surface area contributed by atoms with Crippen molar-refractivity contribution in [3.05, 3.63) is 178 Å². The number of benzene rings is 6. The molecule has 2 spiro atoms. The average Bonchev–Trinajstić information content (AvgIpc) is 1.58. The van der Waals surface area contributed by atoms with Gasteiger partial charge in [-0.2, -0.15) is 0 Å². The van der Waals surface area contributed by atoms with Crippen molar-refractivity contribution in [2.24, 2.45) is 29.0 Å². The SMILES string of the molecule is C.C=C(N)NCCC[C@H](CC(=O)CNC(=O)[C@@H]([NH3+])CCC(=O)NCCCOCCOCCOCCCNC(C)=O)C(=O)CCl.CC(=O)NCCCOCCOCCOCCCNC(=O)CC[C@H]([NH3+])C(=O)NCC(=O)C[C@@H](CCC[NH+]=C(N)N)C(=O)CCl.O=C1OC2(c3ccc(O)cc3Oc3cc(O)ccc32)c2ccccc21.O=C1OC2(c3ccc(O)cc3Oc3cc(O)ccc32)c2ccccc21.[3HH].[Cl-]. The van der Waals surface area contributed by atoms with Crippen molar-refractivity contribution >= 4 is 99.7 Å². The molecule has 6 aromatic carbocycles. The second-order valence-corrected chi connectivity index (χ2v) is 32.6. The Labute approximate surface area is 819 Å². The number of guanidine groups is 1. The first-order valence-electron chi connectivity index (χ1n) is 44.9. The number of hydrogen-bond donors (Lipinski definition) is 17. The van der Waals surface area contributed by atoms with Crippen LogP contribution < -0.4 is 92.8 Å². The van der Waals surface area contributed by atoms with Gasteiger partial charge in [-0.3, -0.25) is 64.4 Å². The van der Waals surface area contributed by atoms with Crippen molar-refractivity contribution in [1.29, 1.82) is 0 Å². The molecule has 39 nitrogen and oxygen atoms in total. The summed E-state index contributed by atoms with van der Waals surface area (Å²) in [5.74, 6) is -2.67. The number of nitrogens with one attached hydrogen (secondary N) is 8. The Morgan fingerprint density at radius 1 is 0.435 bits per heavy atom. The summed E-state index contributed by atoms with van der Waals surface area (Å²) in [4.78, 5) is 147. The van der Waals surface area contributed by atoms with Gasteiger partial charge in [-0.25, -0.2) is 9.59 Å². The monoisotopic (exact) mass is 1990 g/mol. The molecule has 758 valence electrons. The van der Waals surface area contributed by atoms with Crippen molar-refractivity contribution in [2.45, 2.75) is 134 Å². The molecule has 0 radical (unpaired) electrons. The number of amides is 6. The minimum absolute atomic E-state index is 0. The van der Waals surface area contributed by atoms with Crippen LogP contribution in [0.1, 0.15) is 167 Å². The molecular formula is C96H134Cl3N13O26+2. The van der Waals surface area contributed by atoms with Crippen LogP contribution in [0, 0.1) is 11.8 Å². The average molecular weight is 1990 g/mol. The van der Waals surface area contributed by atoms with Gasteiger partial charge in [-0.1, -0.05) is 50.4 Å². The van der Waals surface area contributed by atoms with Crippen molar-refractivity contribution in [2.75, 3.05) is 143 Å². The molecule has 4 atom stereocenters. The van der Waals surface area contributed by atoms with Crippen LogP contribution in [0.5, 0.6) is 46.0 Å². The summed E-state index contributed by atoms with van der Waals surface area (Å²) in [5.41, 5.74) is 26.2. The third-order valence-electron chi connectivity index (χ3n) is 21.5. The first-order valence-corrected chi connectivity index (χ1v) is 45.9. The van der Waals surface area contributed by atoms with Gasteiger partial charge in [0.1, 0.15) is 46.0 Å². The smallest absolute Gasteiger partial charge is 0.340 e. The highest BCUT2D eigenvalue weighted by molar-refractivity contribution is 6.28. The number of alkyl halides is 2. The highest BCUT2D eigenvalue weighted by Crippen LogP contribution is 2.59. The zero-order valence-corrected chi connectivity index (χ0v) is 79.3. The lowest BCUT2D eigenvalue weighted by Gasteiger charge is -2.36. The molecule has 0 aromatic heterocycles. The van der Waals surface area contributed by atoms with Gasteiger partial charge >= 0.3 is 17.9 Å². The van der Waals surface area contributed by atoms with E-state index in [1.54, 1.807) is 48.5 Å². The van der Waals surface area contributed by atoms with E-state index in [0.717, 1.165) is 12.8 Å². The lowest BCUT2D eigenvalue weighted by molar-refractivity contribution is -0.459. The predicted octanol–water partition coefficient (Wildman–Crippen LogP) is 0.0694. The van der Waals surface area contributed by atoms with E-state index in [0.29, 0.717) is 230 Å². The molecule has 10 rings (SSSR count). The summed E-state index contributed by atoms with van der Waals surface area (Å²) in [6.07, 6.45) is 5.45. The summed E-state index contributed by atoms with van der Waals surface area (Å²) < 4.78 is 56.1. The summed E-state index contributed by atoms with van der Waals surface area (Å²) in [7, 11) is 0. The summed E-state index contributed by atoms with van der Waals surface area (Å²) in [6, 6.07) is 31.8. The Bertz CT molecular complexity index is 4780. The maximum Gasteiger partial charge on any atom is 0.340 e. The highest BCUT2D eigenvalue weighted by Gasteiger charge is 2.55. The van der Waals surface area contributed by atoms with Crippen molar-refractivity contribution in [1.82, 2.24) is 37.2 Å². The standard InChI is InChI=1S/C28H51ClN6O8.C27H50ClN7O8.2C20H12O5.CH4.ClH.H2/c1-21(30)32-9-3-6-23(26(38)19-29)18-24(37)20-35-28(40)25(31)7-8-27(39)34-11-5-13-42-15-17-43-16-14-41-12-4-10-33-22(2)36;1-20(36)32-9-3-11-41-13-15-43-16-14-42-12-4-10-33-25(39)7-6-23(29)26(40)35-19-22(37)17-21(24(38)18-28)5-2-8-34-27(30)31;2*21-11-5-7-15-17(9-11)24-18-10-12(22)6-8-16(18)20(15)14-4-2-1-3-13(14)19(23)25-20;;;/h23,25,32H,1,3-20,30-31H2,2H3,(H,33,36)(H,34,39)(H,35,40);21,23H,2-19,29H2,1H3,(H,32,36)(H,33,39)(H,35,40)(H4,30,31,34);2*1-10,21-22H;1H4;2*1H/p+2/t23-,25+;21-,23+;;;;;/m11...../s1/i;;;;;;1+2. The molecule has 4 aliphatic rings. The number of nitrogens with two attached hydrogens (primary N) is 3. The second kappa shape index (κ2) is 61.8. The number of halogens is 3. The number of fused-ring (bicyclic) bond motifs is 12. The number of hydrogen-bond acceptors (Lipinski definition) is 28. The topological polar surface area (TPSA) is 610 Å². The van der Waals surface area contributed by atoms with E-state index in [1.807, 2.05) is 24.3 Å². The van der Waals surface area contributed by atoms with Crippen LogP contribution in [0.25, 0.3) is 0 Å². The van der Waals surface area contributed by atoms with E-state index >= 15 is 0 Å². The number of phenols is 4. The van der Waals surface area contributed by atoms with Gasteiger partial charge in [0, 0.05) is 182 Å². The van der Waals surface area contributed by atoms with E-state index in [9.17, 15) is 78.0 Å². The van der Waals surface area contributed by atoms with Gasteiger partial charge in [0.05, 0.1) is 101 Å². The van der Waals surface area contributed by atoms with E-state index in [4.69, 9.17) is 87.8 Å². The molecule has 4 aliphatic heterocycles. The van der Waals surface area contributed by atoms with E-state index < -0.39 is 58.9 Å². The Hall–Kier alpha value is -12.3. The number of phenolic OH excluding ortho intramolecular Hbond substituents is 4. The normalized spacial score (nSPS) is 13.3. The second-order valence-electron chi connectivity index (χ2n) is 32.0. The molecule has 6 aromatic rings. The van der Waals surface area contributed by atoms with E-state index in [1.165, 1.54) is 62.4 Å². The lowest BCUT2D eigenvalue weighted by atomic mass is 9.77. The molecule has 0 saturated carbocycles. The Morgan fingerprint density at radius 3 is 1.07 bits per heavy atom. The Balaban J connectivity index is 0.000000393. The molecular weight excluding hydrogens is 1860 g/mol. The third-order valence-corrected chi connectivity index (χ3v) is 22.0. The quantitative estimate of drug-likeness (QED) is 0.00790. The van der Waals surface area contributed by atoms with Crippen LogP contribution in [0.4, 0.5) is 0 Å². The number of ketones is 4. The Morgan fingerprint density at radius 2 is 0.746 bits per heavy atom. The number of rotatable bonds is 57. The van der Waals surface area contributed by atoms with Crippen LogP contribution in [-0.2, 0) is 97.0 Å². The Kier molecular flexibility index (Phi) is 52.1. The number of quaternary nitrogens is 2. The summed E-state index contributed by atoms with van der Waals surface area (Å²) >= 11 is 11.3. The van der Waals surface area contributed by atoms with Crippen LogP contribution >= 0.6 is 23.2 Å². The van der Waals surface area contributed by atoms with Crippen LogP contribution in [0.2, 0.25) is 0 Å². The fourth-order valence-corrected chi connectivity index (χ4v) is 15.1. The molecule has 138 heavy (non-hydrogen) atoms. The number of ether oxygens (including phenoxy) is 10. The fourth-order valence-electron chi connectivity index (χ4n) is 14.6. The zero-order valence-electron chi connectivity index (χ0n) is 77.1. The first-order chi connectivity index (χ1) is 65.3. The van der Waals surface area contributed by atoms with Gasteiger partial charge in [0.2, 0.25) is 23.6 Å². The molecule has 4 heterocycles. The molecule has 6 amide bonds. The summed E-state index contributed by atoms with van der Waals surface area (Å²) in [6.45, 7) is 14.7. The van der Waals surface area contributed by atoms with E-state index in [-0.39, 0.29) is 160 Å². The highest BCUT2D eigenvalue weighted by atomic mass is 35.5. The van der Waals surface area contributed by atoms with Crippen molar-refractivity contribution < 1.29 is 156 Å². The third kappa shape index (κ3) is 37.9. The maximum absolute atomic E-state index is 12.5. The zero-order chi connectivity index (χ0) is 99.0. The van der Waals surface area contributed by atoms with E-state index in [2.05, 4.69) is 60.3 Å². The maximum atomic E-state index is 12.5. The molecule has 0 aliphatic carbocycles.